The van der Waals surface area contributed by atoms with E-state index in [0.29, 0.717) is 18.7 Å². The highest BCUT2D eigenvalue weighted by Gasteiger charge is 2.07. The van der Waals surface area contributed by atoms with Crippen molar-refractivity contribution in [3.63, 3.8) is 0 Å². The molecule has 0 atom stereocenters. The Morgan fingerprint density at radius 1 is 1.04 bits per heavy atom. The van der Waals surface area contributed by atoms with E-state index in [1.807, 2.05) is 31.2 Å². The number of rotatable bonds is 7. The lowest BCUT2D eigenvalue weighted by Crippen LogP contribution is -2.24. The van der Waals surface area contributed by atoms with Crippen LogP contribution in [0.3, 0.4) is 0 Å². The summed E-state index contributed by atoms with van der Waals surface area (Å²) >= 11 is 0. The van der Waals surface area contributed by atoms with Gasteiger partial charge in [-0.25, -0.2) is 4.79 Å². The van der Waals surface area contributed by atoms with Crippen molar-refractivity contribution in [3.8, 4) is 5.75 Å². The second-order valence-corrected chi connectivity index (χ2v) is 5.72. The zero-order chi connectivity index (χ0) is 18.9. The summed E-state index contributed by atoms with van der Waals surface area (Å²) in [5, 5.41) is 0. The molecule has 0 fully saturated rings. The minimum Gasteiger partial charge on any atom is -0.494 e. The number of benzene rings is 2. The molecule has 0 bridgehead atoms. The number of nitrogens with zero attached hydrogens (tertiary/aromatic N) is 1. The van der Waals surface area contributed by atoms with Crippen molar-refractivity contribution in [2.45, 2.75) is 13.5 Å². The average Bonchev–Trinajstić information content (AvgIpc) is 2.67. The van der Waals surface area contributed by atoms with Crippen LogP contribution in [0.5, 0.6) is 5.75 Å². The van der Waals surface area contributed by atoms with Gasteiger partial charge in [-0.3, -0.25) is 4.79 Å². The van der Waals surface area contributed by atoms with Crippen LogP contribution in [0.1, 0.15) is 28.4 Å². The Kier molecular flexibility index (Phi) is 6.97. The summed E-state index contributed by atoms with van der Waals surface area (Å²) in [5.74, 6) is 0.336. The Morgan fingerprint density at radius 2 is 1.69 bits per heavy atom. The van der Waals surface area contributed by atoms with E-state index < -0.39 is 0 Å². The predicted octanol–water partition coefficient (Wildman–Crippen LogP) is 3.54. The summed E-state index contributed by atoms with van der Waals surface area (Å²) in [6, 6.07) is 14.6. The van der Waals surface area contributed by atoms with Crippen LogP contribution in [-0.2, 0) is 16.1 Å². The molecule has 0 aliphatic carbocycles. The molecule has 0 saturated carbocycles. The Labute approximate surface area is 153 Å². The van der Waals surface area contributed by atoms with Gasteiger partial charge in [-0.05, 0) is 48.4 Å². The third kappa shape index (κ3) is 5.48. The topological polar surface area (TPSA) is 55.8 Å². The third-order valence-electron chi connectivity index (χ3n) is 3.78. The van der Waals surface area contributed by atoms with Crippen molar-refractivity contribution in [2.75, 3.05) is 20.8 Å². The minimum absolute atomic E-state index is 0.101. The van der Waals surface area contributed by atoms with E-state index in [2.05, 4.69) is 4.74 Å². The molecule has 136 valence electrons. The molecule has 1 amide bonds. The zero-order valence-corrected chi connectivity index (χ0v) is 15.3. The summed E-state index contributed by atoms with van der Waals surface area (Å²) in [4.78, 5) is 25.3. The molecular weight excluding hydrogens is 330 g/mol. The first-order chi connectivity index (χ1) is 12.5. The van der Waals surface area contributed by atoms with Gasteiger partial charge in [-0.15, -0.1) is 0 Å². The van der Waals surface area contributed by atoms with Gasteiger partial charge >= 0.3 is 5.97 Å². The van der Waals surface area contributed by atoms with Gasteiger partial charge in [0.2, 0.25) is 5.91 Å². The van der Waals surface area contributed by atoms with E-state index in [4.69, 9.17) is 4.74 Å². The van der Waals surface area contributed by atoms with Crippen LogP contribution in [0.4, 0.5) is 0 Å². The van der Waals surface area contributed by atoms with Gasteiger partial charge in [0.05, 0.1) is 19.3 Å². The Bertz CT molecular complexity index is 764. The van der Waals surface area contributed by atoms with Gasteiger partial charge in [0.25, 0.3) is 0 Å². The number of carbonyl (C=O) groups is 2. The molecule has 0 aromatic heterocycles. The van der Waals surface area contributed by atoms with Crippen molar-refractivity contribution >= 4 is 18.0 Å². The highest BCUT2D eigenvalue weighted by Crippen LogP contribution is 2.14. The number of likely N-dealkylation sites (N-methyl/N-ethyl adjacent to an activating group) is 1. The Morgan fingerprint density at radius 3 is 2.27 bits per heavy atom. The highest BCUT2D eigenvalue weighted by molar-refractivity contribution is 5.92. The Hall–Kier alpha value is -3.08. The van der Waals surface area contributed by atoms with Crippen LogP contribution in [-0.4, -0.2) is 37.5 Å². The smallest absolute Gasteiger partial charge is 0.337 e. The van der Waals surface area contributed by atoms with Crippen molar-refractivity contribution < 1.29 is 19.1 Å². The van der Waals surface area contributed by atoms with Gasteiger partial charge in [0.1, 0.15) is 5.75 Å². The molecule has 5 heteroatoms. The molecule has 0 aliphatic rings. The van der Waals surface area contributed by atoms with Gasteiger partial charge in [0, 0.05) is 19.7 Å². The molecule has 0 N–H and O–H groups in total. The van der Waals surface area contributed by atoms with E-state index in [1.165, 1.54) is 13.2 Å². The Balaban J connectivity index is 1.93. The summed E-state index contributed by atoms with van der Waals surface area (Å²) in [6.45, 7) is 3.08. The van der Waals surface area contributed by atoms with Gasteiger partial charge < -0.3 is 14.4 Å². The first-order valence-electron chi connectivity index (χ1n) is 8.36. The molecule has 2 rings (SSSR count). The SMILES string of the molecule is CCOc1ccc(CN(C)C(=O)C=Cc2ccc(C(=O)OC)cc2)cc1. The molecular formula is C21H23NO4. The second-order valence-electron chi connectivity index (χ2n) is 5.72. The number of hydrogen-bond acceptors (Lipinski definition) is 4. The van der Waals surface area contributed by atoms with Crippen LogP contribution in [0, 0.1) is 0 Å². The number of carbonyl (C=O) groups excluding carboxylic acids is 2. The molecule has 0 heterocycles. The van der Waals surface area contributed by atoms with Crippen LogP contribution >= 0.6 is 0 Å². The van der Waals surface area contributed by atoms with Crippen molar-refractivity contribution in [1.82, 2.24) is 4.90 Å². The van der Waals surface area contributed by atoms with Crippen LogP contribution in [0.15, 0.2) is 54.6 Å². The van der Waals surface area contributed by atoms with Crippen molar-refractivity contribution in [3.05, 3.63) is 71.3 Å². The number of esters is 1. The predicted molar refractivity (Wildman–Crippen MR) is 101 cm³/mol. The fraction of sp³-hybridized carbons (Fsp3) is 0.238. The van der Waals surface area contributed by atoms with E-state index in [9.17, 15) is 9.59 Å². The van der Waals surface area contributed by atoms with Crippen LogP contribution in [0.2, 0.25) is 0 Å². The fourth-order valence-corrected chi connectivity index (χ4v) is 2.35. The largest absolute Gasteiger partial charge is 0.494 e. The summed E-state index contributed by atoms with van der Waals surface area (Å²) in [7, 11) is 3.10. The summed E-state index contributed by atoms with van der Waals surface area (Å²) < 4.78 is 10.1. The molecule has 0 radical (unpaired) electrons. The highest BCUT2D eigenvalue weighted by atomic mass is 16.5. The van der Waals surface area contributed by atoms with E-state index in [-0.39, 0.29) is 11.9 Å². The second kappa shape index (κ2) is 9.42. The molecule has 0 saturated heterocycles. The quantitative estimate of drug-likeness (QED) is 0.564. The van der Waals surface area contributed by atoms with Gasteiger partial charge in [-0.2, -0.15) is 0 Å². The molecule has 0 spiro atoms. The number of methoxy groups -OCH3 is 1. The van der Waals surface area contributed by atoms with Crippen LogP contribution < -0.4 is 4.74 Å². The molecule has 26 heavy (non-hydrogen) atoms. The number of ether oxygens (including phenoxy) is 2. The maximum atomic E-state index is 12.3. The molecule has 5 nitrogen and oxygen atoms in total. The lowest BCUT2D eigenvalue weighted by molar-refractivity contribution is -0.125. The fourth-order valence-electron chi connectivity index (χ4n) is 2.35. The average molecular weight is 353 g/mol. The van der Waals surface area contributed by atoms with E-state index in [1.54, 1.807) is 42.3 Å². The number of amides is 1. The zero-order valence-electron chi connectivity index (χ0n) is 15.3. The minimum atomic E-state index is -0.383. The molecule has 2 aromatic rings. The third-order valence-corrected chi connectivity index (χ3v) is 3.78. The van der Waals surface area contributed by atoms with E-state index >= 15 is 0 Å². The normalized spacial score (nSPS) is 10.6. The monoisotopic (exact) mass is 353 g/mol. The first kappa shape index (κ1) is 19.2. The number of hydrogen-bond donors (Lipinski definition) is 0. The van der Waals surface area contributed by atoms with Gasteiger partial charge in [-0.1, -0.05) is 24.3 Å². The van der Waals surface area contributed by atoms with E-state index in [0.717, 1.165) is 16.9 Å². The summed E-state index contributed by atoms with van der Waals surface area (Å²) in [5.41, 5.74) is 2.34. The molecule has 0 aliphatic heterocycles. The lowest BCUT2D eigenvalue weighted by atomic mass is 10.1. The van der Waals surface area contributed by atoms with Crippen LogP contribution in [0.25, 0.3) is 6.08 Å². The lowest BCUT2D eigenvalue weighted by Gasteiger charge is -2.15. The standard InChI is InChI=1S/C21H23NO4/c1-4-26-19-12-7-17(8-13-19)15-22(2)20(23)14-9-16-5-10-18(11-6-16)21(24)25-3/h5-14H,4,15H2,1-3H3. The first-order valence-corrected chi connectivity index (χ1v) is 8.36. The summed E-state index contributed by atoms with van der Waals surface area (Å²) in [6.07, 6.45) is 3.24. The molecule has 0 unspecified atom stereocenters. The van der Waals surface area contributed by atoms with Gasteiger partial charge in [0.15, 0.2) is 0 Å². The van der Waals surface area contributed by atoms with Crippen molar-refractivity contribution in [1.29, 1.82) is 0 Å². The maximum absolute atomic E-state index is 12.3. The van der Waals surface area contributed by atoms with Crippen molar-refractivity contribution in [2.24, 2.45) is 0 Å². The molecule has 2 aromatic carbocycles. The maximum Gasteiger partial charge on any atom is 0.337 e.